The molecule has 1 N–H and O–H groups in total. The van der Waals surface area contributed by atoms with Crippen LogP contribution in [0.4, 0.5) is 11.6 Å². The van der Waals surface area contributed by atoms with Gasteiger partial charge in [0.25, 0.3) is 5.91 Å². The van der Waals surface area contributed by atoms with E-state index in [9.17, 15) is 4.79 Å². The van der Waals surface area contributed by atoms with Crippen LogP contribution in [0, 0.1) is 6.92 Å². The second kappa shape index (κ2) is 8.95. The SMILES string of the molecule is CCCOc1ccc2c(c1)CCN(c1ccc(C(=O)Nc3cccc(C)n3)cn1)C2. The number of aryl methyl sites for hydroxylation is 1. The Labute approximate surface area is 176 Å². The summed E-state index contributed by atoms with van der Waals surface area (Å²) < 4.78 is 5.75. The van der Waals surface area contributed by atoms with E-state index in [4.69, 9.17) is 4.74 Å². The quantitative estimate of drug-likeness (QED) is 0.662. The summed E-state index contributed by atoms with van der Waals surface area (Å²) in [5.41, 5.74) is 3.99. The molecule has 0 atom stereocenters. The van der Waals surface area contributed by atoms with Gasteiger partial charge in [-0.05, 0) is 67.3 Å². The van der Waals surface area contributed by atoms with E-state index in [0.29, 0.717) is 11.4 Å². The zero-order valence-corrected chi connectivity index (χ0v) is 17.4. The van der Waals surface area contributed by atoms with Crippen molar-refractivity contribution in [3.8, 4) is 5.75 Å². The fourth-order valence-electron chi connectivity index (χ4n) is 3.54. The van der Waals surface area contributed by atoms with Crippen LogP contribution in [0.3, 0.4) is 0 Å². The number of fused-ring (bicyclic) bond motifs is 1. The summed E-state index contributed by atoms with van der Waals surface area (Å²) in [5.74, 6) is 2.15. The smallest absolute Gasteiger partial charge is 0.258 e. The van der Waals surface area contributed by atoms with Crippen LogP contribution in [0.15, 0.2) is 54.7 Å². The molecule has 2 aromatic heterocycles. The number of ether oxygens (including phenoxy) is 1. The lowest BCUT2D eigenvalue weighted by atomic mass is 9.99. The predicted octanol–water partition coefficient (Wildman–Crippen LogP) is 4.39. The van der Waals surface area contributed by atoms with E-state index in [2.05, 4.69) is 39.2 Å². The lowest BCUT2D eigenvalue weighted by Gasteiger charge is -2.30. The average Bonchev–Trinajstić information content (AvgIpc) is 2.77. The predicted molar refractivity (Wildman–Crippen MR) is 118 cm³/mol. The molecule has 3 aromatic rings. The van der Waals surface area contributed by atoms with Crippen molar-refractivity contribution < 1.29 is 9.53 Å². The van der Waals surface area contributed by atoms with Crippen LogP contribution in [0.25, 0.3) is 0 Å². The van der Waals surface area contributed by atoms with Crippen LogP contribution in [0.1, 0.15) is 40.5 Å². The third kappa shape index (κ3) is 4.59. The monoisotopic (exact) mass is 402 g/mol. The third-order valence-electron chi connectivity index (χ3n) is 5.13. The Morgan fingerprint density at radius 2 is 2.07 bits per heavy atom. The number of hydrogen-bond donors (Lipinski definition) is 1. The molecular weight excluding hydrogens is 376 g/mol. The Morgan fingerprint density at radius 1 is 1.17 bits per heavy atom. The van der Waals surface area contributed by atoms with Gasteiger partial charge in [0.1, 0.15) is 17.4 Å². The van der Waals surface area contributed by atoms with Gasteiger partial charge >= 0.3 is 0 Å². The molecule has 4 rings (SSSR count). The normalized spacial score (nSPS) is 12.9. The summed E-state index contributed by atoms with van der Waals surface area (Å²) in [6.45, 7) is 6.43. The van der Waals surface area contributed by atoms with Crippen molar-refractivity contribution in [1.82, 2.24) is 9.97 Å². The second-order valence-electron chi connectivity index (χ2n) is 7.47. The van der Waals surface area contributed by atoms with Gasteiger partial charge < -0.3 is 15.0 Å². The molecule has 1 amide bonds. The molecule has 0 bridgehead atoms. The number of hydrogen-bond acceptors (Lipinski definition) is 5. The molecule has 6 nitrogen and oxygen atoms in total. The number of benzene rings is 1. The van der Waals surface area contributed by atoms with Crippen molar-refractivity contribution in [2.24, 2.45) is 0 Å². The van der Waals surface area contributed by atoms with Crippen LogP contribution < -0.4 is 15.0 Å². The second-order valence-corrected chi connectivity index (χ2v) is 7.47. The van der Waals surface area contributed by atoms with Crippen LogP contribution in [0.5, 0.6) is 5.75 Å². The van der Waals surface area contributed by atoms with Crippen LogP contribution >= 0.6 is 0 Å². The van der Waals surface area contributed by atoms with Gasteiger partial charge in [0.2, 0.25) is 0 Å². The molecule has 30 heavy (non-hydrogen) atoms. The van der Waals surface area contributed by atoms with E-state index in [1.807, 2.05) is 37.3 Å². The molecule has 154 valence electrons. The summed E-state index contributed by atoms with van der Waals surface area (Å²) in [6, 6.07) is 15.6. The molecule has 1 aliphatic rings. The highest BCUT2D eigenvalue weighted by molar-refractivity contribution is 6.03. The number of carbonyl (C=O) groups is 1. The molecule has 1 aromatic carbocycles. The topological polar surface area (TPSA) is 67.3 Å². The number of amides is 1. The Kier molecular flexibility index (Phi) is 5.93. The number of nitrogens with one attached hydrogen (secondary N) is 1. The molecule has 0 saturated heterocycles. The van der Waals surface area contributed by atoms with E-state index in [1.54, 1.807) is 12.3 Å². The molecule has 3 heterocycles. The summed E-state index contributed by atoms with van der Waals surface area (Å²) in [4.78, 5) is 23.5. The van der Waals surface area contributed by atoms with E-state index in [1.165, 1.54) is 11.1 Å². The minimum Gasteiger partial charge on any atom is -0.494 e. The fourth-order valence-corrected chi connectivity index (χ4v) is 3.54. The Bertz CT molecular complexity index is 1030. The van der Waals surface area contributed by atoms with E-state index in [0.717, 1.165) is 49.8 Å². The molecule has 0 fully saturated rings. The molecule has 0 unspecified atom stereocenters. The molecule has 0 saturated carbocycles. The van der Waals surface area contributed by atoms with Crippen molar-refractivity contribution in [3.05, 3.63) is 77.1 Å². The van der Waals surface area contributed by atoms with Crippen LogP contribution in [0.2, 0.25) is 0 Å². The number of pyridine rings is 2. The highest BCUT2D eigenvalue weighted by Gasteiger charge is 2.18. The van der Waals surface area contributed by atoms with Crippen molar-refractivity contribution in [2.45, 2.75) is 33.2 Å². The Balaban J connectivity index is 1.41. The number of carbonyl (C=O) groups excluding carboxylic acids is 1. The first-order valence-corrected chi connectivity index (χ1v) is 10.3. The standard InChI is InChI=1S/C24H26N4O2/c1-3-13-30-21-9-7-20-16-28(12-11-18(20)14-21)23-10-8-19(15-25-23)24(29)27-22-6-4-5-17(2)26-22/h4-10,14-15H,3,11-13,16H2,1-2H3,(H,26,27,29). The van der Waals surface area contributed by atoms with Gasteiger partial charge in [-0.25, -0.2) is 9.97 Å². The van der Waals surface area contributed by atoms with Crippen LogP contribution in [-0.4, -0.2) is 29.0 Å². The summed E-state index contributed by atoms with van der Waals surface area (Å²) in [6.07, 6.45) is 3.57. The van der Waals surface area contributed by atoms with Gasteiger partial charge in [-0.2, -0.15) is 0 Å². The molecule has 0 aliphatic carbocycles. The van der Waals surface area contributed by atoms with Gasteiger partial charge in [0.05, 0.1) is 12.2 Å². The van der Waals surface area contributed by atoms with Crippen molar-refractivity contribution in [3.63, 3.8) is 0 Å². The molecule has 6 heteroatoms. The summed E-state index contributed by atoms with van der Waals surface area (Å²) in [5, 5.41) is 2.82. The maximum atomic E-state index is 12.5. The first-order chi connectivity index (χ1) is 14.6. The molecule has 0 spiro atoms. The lowest BCUT2D eigenvalue weighted by Crippen LogP contribution is -2.31. The molecule has 0 radical (unpaired) electrons. The maximum Gasteiger partial charge on any atom is 0.258 e. The minimum atomic E-state index is -0.212. The van der Waals surface area contributed by atoms with Crippen LogP contribution in [-0.2, 0) is 13.0 Å². The highest BCUT2D eigenvalue weighted by Crippen LogP contribution is 2.26. The first-order valence-electron chi connectivity index (χ1n) is 10.3. The summed E-state index contributed by atoms with van der Waals surface area (Å²) in [7, 11) is 0. The third-order valence-corrected chi connectivity index (χ3v) is 5.13. The number of nitrogens with zero attached hydrogens (tertiary/aromatic N) is 3. The Morgan fingerprint density at radius 3 is 2.83 bits per heavy atom. The number of anilines is 2. The van der Waals surface area contributed by atoms with E-state index in [-0.39, 0.29) is 5.91 Å². The van der Waals surface area contributed by atoms with Gasteiger partial charge in [-0.15, -0.1) is 0 Å². The van der Waals surface area contributed by atoms with Gasteiger partial charge in [0, 0.05) is 25.0 Å². The summed E-state index contributed by atoms with van der Waals surface area (Å²) >= 11 is 0. The van der Waals surface area contributed by atoms with Crippen molar-refractivity contribution in [1.29, 1.82) is 0 Å². The average molecular weight is 402 g/mol. The van der Waals surface area contributed by atoms with E-state index >= 15 is 0 Å². The van der Waals surface area contributed by atoms with Gasteiger partial charge in [-0.1, -0.05) is 19.1 Å². The first kappa shape index (κ1) is 19.9. The van der Waals surface area contributed by atoms with Gasteiger partial charge in [0.15, 0.2) is 0 Å². The minimum absolute atomic E-state index is 0.212. The largest absolute Gasteiger partial charge is 0.494 e. The fraction of sp³-hybridized carbons (Fsp3) is 0.292. The van der Waals surface area contributed by atoms with Gasteiger partial charge in [-0.3, -0.25) is 4.79 Å². The zero-order chi connectivity index (χ0) is 20.9. The van der Waals surface area contributed by atoms with Crippen molar-refractivity contribution >= 4 is 17.5 Å². The number of rotatable bonds is 6. The highest BCUT2D eigenvalue weighted by atomic mass is 16.5. The van der Waals surface area contributed by atoms with E-state index < -0.39 is 0 Å². The molecule has 1 aliphatic heterocycles. The zero-order valence-electron chi connectivity index (χ0n) is 17.4. The molecular formula is C24H26N4O2. The Hall–Kier alpha value is -3.41. The maximum absolute atomic E-state index is 12.5. The lowest BCUT2D eigenvalue weighted by molar-refractivity contribution is 0.102. The van der Waals surface area contributed by atoms with Crippen molar-refractivity contribution in [2.75, 3.05) is 23.4 Å². The number of aromatic nitrogens is 2.